The van der Waals surface area contributed by atoms with Gasteiger partial charge in [-0.25, -0.2) is 4.98 Å². The van der Waals surface area contributed by atoms with Crippen molar-refractivity contribution in [1.29, 1.82) is 0 Å². The summed E-state index contributed by atoms with van der Waals surface area (Å²) in [6.07, 6.45) is 2.29. The van der Waals surface area contributed by atoms with Crippen LogP contribution in [0.15, 0.2) is 35.1 Å². The number of anilines is 1. The summed E-state index contributed by atoms with van der Waals surface area (Å²) >= 11 is 0. The molecule has 2 rings (SSSR count). The Morgan fingerprint density at radius 2 is 1.76 bits per heavy atom. The number of hydrogen-bond donors (Lipinski definition) is 2. The number of H-pyrrole nitrogens is 1. The van der Waals surface area contributed by atoms with E-state index >= 15 is 0 Å². The number of hydrogen-bond acceptors (Lipinski definition) is 3. The highest BCUT2D eigenvalue weighted by molar-refractivity contribution is 5.41. The Hall–Kier alpha value is -2.10. The van der Waals surface area contributed by atoms with Crippen LogP contribution in [0.5, 0.6) is 0 Å². The van der Waals surface area contributed by atoms with Crippen molar-refractivity contribution in [2.24, 2.45) is 0 Å². The molecular weight excluding hydrogens is 262 g/mol. The van der Waals surface area contributed by atoms with Crippen molar-refractivity contribution < 1.29 is 0 Å². The number of benzene rings is 1. The van der Waals surface area contributed by atoms with Crippen LogP contribution in [0, 0.1) is 0 Å². The average molecular weight is 285 g/mol. The predicted molar refractivity (Wildman–Crippen MR) is 86.5 cm³/mol. The molecule has 3 N–H and O–H groups in total. The first-order valence-corrected chi connectivity index (χ1v) is 7.53. The van der Waals surface area contributed by atoms with Gasteiger partial charge >= 0.3 is 0 Å². The molecule has 0 saturated heterocycles. The van der Waals surface area contributed by atoms with Crippen molar-refractivity contribution in [3.63, 3.8) is 0 Å². The molecule has 0 unspecified atom stereocenters. The molecule has 0 fully saturated rings. The van der Waals surface area contributed by atoms with Gasteiger partial charge in [0.25, 0.3) is 5.56 Å². The molecule has 0 amide bonds. The third-order valence-electron chi connectivity index (χ3n) is 4.39. The minimum atomic E-state index is -0.305. The van der Waals surface area contributed by atoms with Gasteiger partial charge in [-0.05, 0) is 24.8 Å². The summed E-state index contributed by atoms with van der Waals surface area (Å²) in [5, 5.41) is 0. The SMILES string of the molecule is CCc1c(N)nc(C(CC)(CC)c2ccccc2)[nH]c1=O. The van der Waals surface area contributed by atoms with Crippen LogP contribution >= 0.6 is 0 Å². The molecule has 1 heterocycles. The van der Waals surface area contributed by atoms with Crippen LogP contribution in [-0.2, 0) is 11.8 Å². The Kier molecular flexibility index (Phi) is 4.46. The molecule has 1 aromatic heterocycles. The van der Waals surface area contributed by atoms with Gasteiger partial charge in [0.2, 0.25) is 0 Å². The quantitative estimate of drug-likeness (QED) is 0.887. The Labute approximate surface area is 125 Å². The molecule has 112 valence electrons. The molecule has 4 heteroatoms. The molecule has 4 nitrogen and oxygen atoms in total. The number of nitrogen functional groups attached to an aromatic ring is 1. The monoisotopic (exact) mass is 285 g/mol. The fourth-order valence-corrected chi connectivity index (χ4v) is 2.97. The Balaban J connectivity index is 2.67. The average Bonchev–Trinajstić information content (AvgIpc) is 2.50. The lowest BCUT2D eigenvalue weighted by molar-refractivity contribution is 0.447. The molecule has 2 aromatic rings. The molecule has 0 aliphatic rings. The fraction of sp³-hybridized carbons (Fsp3) is 0.412. The summed E-state index contributed by atoms with van der Waals surface area (Å²) in [6, 6.07) is 10.2. The van der Waals surface area contributed by atoms with E-state index in [1.165, 1.54) is 0 Å². The summed E-state index contributed by atoms with van der Waals surface area (Å²) in [7, 11) is 0. The van der Waals surface area contributed by atoms with Gasteiger partial charge in [-0.1, -0.05) is 51.1 Å². The summed E-state index contributed by atoms with van der Waals surface area (Å²) in [6.45, 7) is 6.13. The third-order valence-corrected chi connectivity index (χ3v) is 4.39. The van der Waals surface area contributed by atoms with Crippen LogP contribution in [0.1, 0.15) is 50.6 Å². The van der Waals surface area contributed by atoms with Crippen LogP contribution in [0.25, 0.3) is 0 Å². The molecule has 0 bridgehead atoms. The van der Waals surface area contributed by atoms with Crippen LogP contribution in [0.3, 0.4) is 0 Å². The van der Waals surface area contributed by atoms with Crippen molar-refractivity contribution in [2.45, 2.75) is 45.4 Å². The number of nitrogens with zero attached hydrogens (tertiary/aromatic N) is 1. The van der Waals surface area contributed by atoms with E-state index in [2.05, 4.69) is 35.9 Å². The predicted octanol–water partition coefficient (Wildman–Crippen LogP) is 3.02. The zero-order valence-corrected chi connectivity index (χ0v) is 12.9. The maximum absolute atomic E-state index is 12.2. The fourth-order valence-electron chi connectivity index (χ4n) is 2.97. The zero-order chi connectivity index (χ0) is 15.5. The summed E-state index contributed by atoms with van der Waals surface area (Å²) in [5.74, 6) is 1.01. The number of nitrogens with one attached hydrogen (secondary N) is 1. The Morgan fingerprint density at radius 3 is 2.24 bits per heavy atom. The van der Waals surface area contributed by atoms with Gasteiger partial charge in [0.05, 0.1) is 11.0 Å². The van der Waals surface area contributed by atoms with Gasteiger partial charge in [0.1, 0.15) is 11.6 Å². The summed E-state index contributed by atoms with van der Waals surface area (Å²) < 4.78 is 0. The van der Waals surface area contributed by atoms with E-state index in [1.54, 1.807) is 0 Å². The van der Waals surface area contributed by atoms with E-state index in [1.807, 2.05) is 25.1 Å². The largest absolute Gasteiger partial charge is 0.383 e. The summed E-state index contributed by atoms with van der Waals surface area (Å²) in [4.78, 5) is 19.7. The molecule has 21 heavy (non-hydrogen) atoms. The van der Waals surface area contributed by atoms with Crippen LogP contribution in [0.2, 0.25) is 0 Å². The van der Waals surface area contributed by atoms with Gasteiger partial charge < -0.3 is 10.7 Å². The van der Waals surface area contributed by atoms with E-state index in [4.69, 9.17) is 5.73 Å². The summed E-state index contributed by atoms with van der Waals surface area (Å²) in [5.41, 5.74) is 7.28. The second-order valence-electron chi connectivity index (χ2n) is 5.29. The molecule has 1 aromatic carbocycles. The van der Waals surface area contributed by atoms with Gasteiger partial charge in [0, 0.05) is 0 Å². The Bertz CT molecular complexity index is 657. The van der Waals surface area contributed by atoms with Crippen LogP contribution in [0.4, 0.5) is 5.82 Å². The van der Waals surface area contributed by atoms with Crippen molar-refractivity contribution in [1.82, 2.24) is 9.97 Å². The molecule has 0 atom stereocenters. The van der Waals surface area contributed by atoms with E-state index in [0.29, 0.717) is 23.6 Å². The second-order valence-corrected chi connectivity index (χ2v) is 5.29. The zero-order valence-electron chi connectivity index (χ0n) is 12.9. The van der Waals surface area contributed by atoms with Crippen molar-refractivity contribution in [2.75, 3.05) is 5.73 Å². The maximum atomic E-state index is 12.2. The van der Waals surface area contributed by atoms with Gasteiger partial charge in [-0.15, -0.1) is 0 Å². The number of aromatic nitrogens is 2. The lowest BCUT2D eigenvalue weighted by Gasteiger charge is -2.31. The normalized spacial score (nSPS) is 11.6. The van der Waals surface area contributed by atoms with E-state index in [9.17, 15) is 4.79 Å². The first kappa shape index (κ1) is 15.3. The van der Waals surface area contributed by atoms with Gasteiger partial charge in [-0.3, -0.25) is 4.79 Å². The van der Waals surface area contributed by atoms with E-state index in [-0.39, 0.29) is 11.0 Å². The molecule has 0 radical (unpaired) electrons. The minimum Gasteiger partial charge on any atom is -0.383 e. The van der Waals surface area contributed by atoms with Crippen molar-refractivity contribution in [3.8, 4) is 0 Å². The molecule has 0 spiro atoms. The maximum Gasteiger partial charge on any atom is 0.256 e. The van der Waals surface area contributed by atoms with Crippen molar-refractivity contribution in [3.05, 3.63) is 57.6 Å². The molecule has 0 aliphatic heterocycles. The van der Waals surface area contributed by atoms with E-state index < -0.39 is 0 Å². The lowest BCUT2D eigenvalue weighted by atomic mass is 9.75. The first-order chi connectivity index (χ1) is 10.1. The number of rotatable bonds is 5. The van der Waals surface area contributed by atoms with Gasteiger partial charge in [-0.2, -0.15) is 0 Å². The molecule has 0 saturated carbocycles. The van der Waals surface area contributed by atoms with Gasteiger partial charge in [0.15, 0.2) is 0 Å². The lowest BCUT2D eigenvalue weighted by Crippen LogP contribution is -2.33. The standard InChI is InChI=1S/C17H23N3O/c1-4-13-14(18)19-16(20-15(13)21)17(5-2,6-3)12-10-8-7-9-11-12/h7-11H,4-6H2,1-3H3,(H3,18,19,20,21). The second kappa shape index (κ2) is 6.12. The van der Waals surface area contributed by atoms with Crippen LogP contribution < -0.4 is 11.3 Å². The highest BCUT2D eigenvalue weighted by Crippen LogP contribution is 2.36. The third kappa shape index (κ3) is 2.58. The topological polar surface area (TPSA) is 71.8 Å². The first-order valence-electron chi connectivity index (χ1n) is 7.53. The minimum absolute atomic E-state index is 0.123. The van der Waals surface area contributed by atoms with Crippen LogP contribution in [-0.4, -0.2) is 9.97 Å². The molecule has 0 aliphatic carbocycles. The van der Waals surface area contributed by atoms with E-state index in [0.717, 1.165) is 18.4 Å². The Morgan fingerprint density at radius 1 is 1.14 bits per heavy atom. The van der Waals surface area contributed by atoms with Crippen molar-refractivity contribution >= 4 is 5.82 Å². The smallest absolute Gasteiger partial charge is 0.256 e. The highest BCUT2D eigenvalue weighted by Gasteiger charge is 2.33. The number of aromatic amines is 1. The number of nitrogens with two attached hydrogens (primary N) is 1. The highest BCUT2D eigenvalue weighted by atomic mass is 16.1. The molecular formula is C17H23N3O.